The van der Waals surface area contributed by atoms with Crippen LogP contribution in [0.25, 0.3) is 0 Å². The van der Waals surface area contributed by atoms with Crippen molar-refractivity contribution in [2.24, 2.45) is 17.8 Å². The van der Waals surface area contributed by atoms with Crippen molar-refractivity contribution in [1.29, 1.82) is 0 Å². The van der Waals surface area contributed by atoms with Crippen molar-refractivity contribution in [3.63, 3.8) is 0 Å². The molecule has 33 heavy (non-hydrogen) atoms. The van der Waals surface area contributed by atoms with Crippen molar-refractivity contribution >= 4 is 9.05 Å². The molecule has 0 fully saturated rings. The molecule has 0 bridgehead atoms. The molecule has 0 aromatic heterocycles. The van der Waals surface area contributed by atoms with Gasteiger partial charge in [0, 0.05) is 65.8 Å². The van der Waals surface area contributed by atoms with E-state index in [9.17, 15) is 4.80 Å². The topological polar surface area (TPSA) is 109 Å². The van der Waals surface area contributed by atoms with Gasteiger partial charge in [-0.25, -0.2) is 0 Å². The third-order valence-electron chi connectivity index (χ3n) is 3.44. The third kappa shape index (κ3) is 50.6. The predicted octanol–water partition coefficient (Wildman–Crippen LogP) is 4.77. The first-order chi connectivity index (χ1) is 15.0. The molecule has 0 aliphatic rings. The molecule has 0 spiro atoms. The maximum atomic E-state index is 10.2. The smallest absolute Gasteiger partial charge is 0.396 e. The molecular formula is C24H58O7SiZr. The van der Waals surface area contributed by atoms with Gasteiger partial charge in [-0.2, -0.15) is 0 Å². The summed E-state index contributed by atoms with van der Waals surface area (Å²) < 4.78 is 16.2. The molecule has 0 atom stereocenters. The van der Waals surface area contributed by atoms with Gasteiger partial charge in [-0.1, -0.05) is 81.6 Å². The summed E-state index contributed by atoms with van der Waals surface area (Å²) in [6.45, 7) is 20.5. The van der Waals surface area contributed by atoms with Gasteiger partial charge in [0.05, 0.1) is 0 Å². The van der Waals surface area contributed by atoms with Gasteiger partial charge in [-0.15, -0.1) is 0 Å². The minimum atomic E-state index is -3.36. The van der Waals surface area contributed by atoms with Crippen molar-refractivity contribution in [3.05, 3.63) is 0 Å². The van der Waals surface area contributed by atoms with Gasteiger partial charge in [0.1, 0.15) is 0 Å². The second-order valence-electron chi connectivity index (χ2n) is 8.86. The molecular weight excluding hydrogens is 520 g/mol. The number of aliphatic hydroxyl groups excluding tert-OH is 3. The normalized spacial score (nSPS) is 10.5. The summed E-state index contributed by atoms with van der Waals surface area (Å²) in [6.07, 6.45) is 5.87. The van der Waals surface area contributed by atoms with Crippen molar-refractivity contribution in [3.8, 4) is 0 Å². The Morgan fingerprint density at radius 1 is 0.545 bits per heavy atom. The fraction of sp³-hybridized carbons (Fsp3) is 1.00. The maximum Gasteiger partial charge on any atom is 0.676 e. The van der Waals surface area contributed by atoms with Crippen LogP contribution in [0.1, 0.15) is 101 Å². The standard InChI is InChI=1S/C12H28O4Si.3C4H10O.Zr/c1-4-7-10-14-17(13,15-11-8-5-2)16-12-9-6-3;3*1-4(2)3-5;/h13H,4-12H2,1-3H3;3*4-5H,3H2,1-2H3;. The van der Waals surface area contributed by atoms with E-state index in [1.54, 1.807) is 0 Å². The summed E-state index contributed by atoms with van der Waals surface area (Å²) in [6, 6.07) is 0. The van der Waals surface area contributed by atoms with Crippen molar-refractivity contribution < 1.29 is 59.6 Å². The molecule has 0 aromatic rings. The van der Waals surface area contributed by atoms with Gasteiger partial charge in [0.2, 0.25) is 0 Å². The summed E-state index contributed by atoms with van der Waals surface area (Å²) >= 11 is 0. The van der Waals surface area contributed by atoms with Crippen LogP contribution in [0.15, 0.2) is 0 Å². The van der Waals surface area contributed by atoms with Gasteiger partial charge in [-0.3, -0.25) is 0 Å². The summed E-state index contributed by atoms with van der Waals surface area (Å²) in [5.41, 5.74) is 0. The van der Waals surface area contributed by atoms with Crippen LogP contribution in [-0.4, -0.2) is 68.8 Å². The van der Waals surface area contributed by atoms with Gasteiger partial charge < -0.3 is 33.4 Å². The molecule has 0 unspecified atom stereocenters. The Balaban J connectivity index is -0.000000133. The first-order valence-corrected chi connectivity index (χ1v) is 14.1. The van der Waals surface area contributed by atoms with Crippen LogP contribution in [0.2, 0.25) is 0 Å². The monoisotopic (exact) mass is 576 g/mol. The van der Waals surface area contributed by atoms with Crippen LogP contribution in [0.4, 0.5) is 0 Å². The van der Waals surface area contributed by atoms with Crippen LogP contribution in [-0.2, 0) is 39.5 Å². The fourth-order valence-electron chi connectivity index (χ4n) is 1.16. The average Bonchev–Trinajstić information content (AvgIpc) is 2.75. The second kappa shape index (κ2) is 35.0. The molecule has 0 aliphatic carbocycles. The Labute approximate surface area is 226 Å². The molecule has 4 N–H and O–H groups in total. The minimum absolute atomic E-state index is 0. The zero-order valence-corrected chi connectivity index (χ0v) is 26.7. The third-order valence-corrected chi connectivity index (χ3v) is 5.15. The summed E-state index contributed by atoms with van der Waals surface area (Å²) in [4.78, 5) is 10.2. The predicted molar refractivity (Wildman–Crippen MR) is 136 cm³/mol. The fourth-order valence-corrected chi connectivity index (χ4v) is 2.62. The maximum absolute atomic E-state index is 10.2. The van der Waals surface area contributed by atoms with Crippen molar-refractivity contribution in [1.82, 2.24) is 0 Å². The summed E-state index contributed by atoms with van der Waals surface area (Å²) in [5, 5.41) is 24.4. The molecule has 204 valence electrons. The van der Waals surface area contributed by atoms with Crippen molar-refractivity contribution in [2.45, 2.75) is 101 Å². The van der Waals surface area contributed by atoms with Gasteiger partial charge in [0.25, 0.3) is 0 Å². The Bertz CT molecular complexity index is 278. The Kier molecular flexibility index (Phi) is 46.5. The quantitative estimate of drug-likeness (QED) is 0.164. The Hall–Kier alpha value is 0.820. The van der Waals surface area contributed by atoms with Crippen LogP contribution < -0.4 is 0 Å². The number of hydrogen-bond acceptors (Lipinski definition) is 7. The first kappa shape index (κ1) is 43.9. The Morgan fingerprint density at radius 2 is 0.727 bits per heavy atom. The van der Waals surface area contributed by atoms with Crippen molar-refractivity contribution in [2.75, 3.05) is 39.6 Å². The molecule has 0 radical (unpaired) electrons. The molecule has 7 nitrogen and oxygen atoms in total. The van der Waals surface area contributed by atoms with Gasteiger partial charge >= 0.3 is 9.05 Å². The number of unbranched alkanes of at least 4 members (excludes halogenated alkanes) is 3. The van der Waals surface area contributed by atoms with Crippen LogP contribution >= 0.6 is 0 Å². The van der Waals surface area contributed by atoms with Gasteiger partial charge in [-0.05, 0) is 37.0 Å². The molecule has 0 amide bonds. The number of rotatable bonds is 15. The van der Waals surface area contributed by atoms with Crippen LogP contribution in [0.3, 0.4) is 0 Å². The number of aliphatic hydroxyl groups is 3. The van der Waals surface area contributed by atoms with E-state index in [1.807, 2.05) is 41.5 Å². The molecule has 0 rings (SSSR count). The molecule has 0 aliphatic heterocycles. The number of hydrogen-bond donors (Lipinski definition) is 4. The average molecular weight is 578 g/mol. The van der Waals surface area contributed by atoms with E-state index in [0.29, 0.717) is 57.4 Å². The zero-order valence-electron chi connectivity index (χ0n) is 23.2. The van der Waals surface area contributed by atoms with Crippen LogP contribution in [0, 0.1) is 17.8 Å². The van der Waals surface area contributed by atoms with E-state index < -0.39 is 9.05 Å². The van der Waals surface area contributed by atoms with E-state index in [0.717, 1.165) is 38.5 Å². The van der Waals surface area contributed by atoms with E-state index in [-0.39, 0.29) is 26.2 Å². The van der Waals surface area contributed by atoms with E-state index in [4.69, 9.17) is 28.6 Å². The zero-order chi connectivity index (χ0) is 25.8. The summed E-state index contributed by atoms with van der Waals surface area (Å²) in [5.74, 6) is 1.32. The Morgan fingerprint density at radius 3 is 0.848 bits per heavy atom. The molecule has 9 heteroatoms. The van der Waals surface area contributed by atoms with E-state index in [2.05, 4.69) is 20.8 Å². The second-order valence-corrected chi connectivity index (χ2v) is 10.8. The first-order valence-electron chi connectivity index (χ1n) is 12.5. The minimum Gasteiger partial charge on any atom is -0.396 e. The van der Waals surface area contributed by atoms with Gasteiger partial charge in [0.15, 0.2) is 0 Å². The van der Waals surface area contributed by atoms with E-state index >= 15 is 0 Å². The summed E-state index contributed by atoms with van der Waals surface area (Å²) in [7, 11) is -3.36. The molecule has 0 heterocycles. The molecule has 0 saturated carbocycles. The molecule has 0 saturated heterocycles. The van der Waals surface area contributed by atoms with E-state index in [1.165, 1.54) is 0 Å². The van der Waals surface area contributed by atoms with Crippen LogP contribution in [0.5, 0.6) is 0 Å². The molecule has 0 aromatic carbocycles. The largest absolute Gasteiger partial charge is 0.676 e. The SMILES string of the molecule is CC(C)CO.CC(C)CO.CC(C)CO.CCCCO[Si](O)(OCCCC)OCCCC.[Zr].